The van der Waals surface area contributed by atoms with E-state index in [1.165, 1.54) is 6.07 Å². The zero-order valence-electron chi connectivity index (χ0n) is 19.0. The van der Waals surface area contributed by atoms with Crippen LogP contribution in [0.3, 0.4) is 0 Å². The number of phenolic OH excluding ortho intramolecular Hbond substituents is 1. The fourth-order valence-corrected chi connectivity index (χ4v) is 6.44. The predicted octanol–water partition coefficient (Wildman–Crippen LogP) is 1.48. The zero-order chi connectivity index (χ0) is 25.5. The maximum absolute atomic E-state index is 13.7. The van der Waals surface area contributed by atoms with Crippen molar-refractivity contribution >= 4 is 39.9 Å². The summed E-state index contributed by atoms with van der Waals surface area (Å²) in [4.78, 5) is 67.8. The molecule has 1 amide bonds. The minimum absolute atomic E-state index is 0.0198. The molecule has 3 aromatic rings. The number of Topliss-reactive ketones (excluding diaryl/α,β-unsaturated/α-hetero) is 4. The quantitative estimate of drug-likeness (QED) is 0.398. The van der Waals surface area contributed by atoms with Crippen molar-refractivity contribution in [2.75, 3.05) is 0 Å². The van der Waals surface area contributed by atoms with E-state index in [-0.39, 0.29) is 30.6 Å². The van der Waals surface area contributed by atoms with Crippen molar-refractivity contribution in [1.29, 1.82) is 0 Å². The molecule has 2 unspecified atom stereocenters. The molecule has 9 nitrogen and oxygen atoms in total. The van der Waals surface area contributed by atoms with Crippen molar-refractivity contribution in [3.8, 4) is 17.0 Å². The number of carbonyl (C=O) groups excluding carboxylic acids is 5. The Bertz CT molecular complexity index is 1500. The highest BCUT2D eigenvalue weighted by atomic mass is 16.3. The monoisotopic (exact) mass is 486 g/mol. The van der Waals surface area contributed by atoms with Gasteiger partial charge in [0.15, 0.2) is 34.7 Å². The maximum Gasteiger partial charge on any atom is 0.235 e. The minimum atomic E-state index is -2.65. The van der Waals surface area contributed by atoms with E-state index in [0.29, 0.717) is 11.1 Å². The highest BCUT2D eigenvalue weighted by Crippen LogP contribution is 2.51. The number of para-hydroxylation sites is 1. The van der Waals surface area contributed by atoms with Crippen molar-refractivity contribution in [3.63, 3.8) is 0 Å². The Morgan fingerprint density at radius 2 is 1.78 bits per heavy atom. The van der Waals surface area contributed by atoms with E-state index in [2.05, 4.69) is 4.98 Å². The SMILES string of the molecule is NC(=O)C1C(=O)C[C@@H]2C[C@@H]3Cc4c(-c5cc6ccccc6[nH]5)ccc(O)c4C(=O)C3C(=O)[C@]2(O)C1=O. The molecule has 36 heavy (non-hydrogen) atoms. The molecule has 3 aliphatic carbocycles. The Labute approximate surface area is 204 Å². The molecule has 3 aliphatic rings. The topological polar surface area (TPSA) is 168 Å². The van der Waals surface area contributed by atoms with Gasteiger partial charge in [0.05, 0.1) is 11.5 Å². The number of nitrogens with two attached hydrogens (primary N) is 1. The molecule has 5 atom stereocenters. The number of nitrogens with one attached hydrogen (secondary N) is 1. The standard InChI is InChI=1S/C27H22N2O7/c28-26(35)22-19(31)10-13-7-12-8-15-14(17-9-11-3-1-2-4-16(11)29-17)5-6-18(30)21(15)23(32)20(12)24(33)27(13,36)25(22)34/h1-6,9,12-13,20,22,29-30,36H,7-8,10H2,(H2,28,35)/t12-,13+,20?,22?,27+/m1/s1. The van der Waals surface area contributed by atoms with Crippen LogP contribution in [0.1, 0.15) is 28.8 Å². The number of fused-ring (bicyclic) bond motifs is 4. The lowest BCUT2D eigenvalue weighted by Crippen LogP contribution is -2.68. The Hall–Kier alpha value is -4.11. The fourth-order valence-electron chi connectivity index (χ4n) is 6.44. The lowest BCUT2D eigenvalue weighted by atomic mass is 9.53. The number of carbonyl (C=O) groups is 5. The summed E-state index contributed by atoms with van der Waals surface area (Å²) >= 11 is 0. The molecule has 9 heteroatoms. The van der Waals surface area contributed by atoms with Gasteiger partial charge in [-0.2, -0.15) is 0 Å². The van der Waals surface area contributed by atoms with E-state index in [9.17, 15) is 34.2 Å². The van der Waals surface area contributed by atoms with Crippen LogP contribution in [0, 0.1) is 23.7 Å². The molecule has 0 aliphatic heterocycles. The van der Waals surface area contributed by atoms with Crippen LogP contribution in [0.2, 0.25) is 0 Å². The van der Waals surface area contributed by atoms with Crippen LogP contribution in [0.4, 0.5) is 0 Å². The summed E-state index contributed by atoms with van der Waals surface area (Å²) in [6.07, 6.45) is -0.0750. The van der Waals surface area contributed by atoms with Gasteiger partial charge < -0.3 is 20.9 Å². The number of aromatic nitrogens is 1. The number of amides is 1. The molecule has 2 aromatic carbocycles. The molecule has 0 saturated heterocycles. The third kappa shape index (κ3) is 2.83. The lowest BCUT2D eigenvalue weighted by Gasteiger charge is -2.48. The largest absolute Gasteiger partial charge is 0.507 e. The van der Waals surface area contributed by atoms with Crippen LogP contribution in [0.15, 0.2) is 42.5 Å². The summed E-state index contributed by atoms with van der Waals surface area (Å²) in [5.41, 5.74) is 5.45. The smallest absolute Gasteiger partial charge is 0.235 e. The van der Waals surface area contributed by atoms with Crippen LogP contribution < -0.4 is 5.73 Å². The van der Waals surface area contributed by atoms with E-state index in [4.69, 9.17) is 5.73 Å². The number of aromatic hydroxyl groups is 1. The van der Waals surface area contributed by atoms with E-state index in [0.717, 1.165) is 16.6 Å². The Morgan fingerprint density at radius 1 is 1.03 bits per heavy atom. The molecule has 2 saturated carbocycles. The zero-order valence-corrected chi connectivity index (χ0v) is 19.0. The van der Waals surface area contributed by atoms with Gasteiger partial charge in [0.1, 0.15) is 5.75 Å². The molecule has 0 spiro atoms. The third-order valence-corrected chi connectivity index (χ3v) is 8.11. The lowest BCUT2D eigenvalue weighted by molar-refractivity contribution is -0.175. The first-order valence-electron chi connectivity index (χ1n) is 11.7. The second kappa shape index (κ2) is 7.44. The summed E-state index contributed by atoms with van der Waals surface area (Å²) in [5.74, 6) is -10.2. The molecule has 1 heterocycles. The number of phenols is 1. The number of aliphatic hydroxyl groups is 1. The predicted molar refractivity (Wildman–Crippen MR) is 126 cm³/mol. The fraction of sp³-hybridized carbons (Fsp3) is 0.296. The Balaban J connectivity index is 1.46. The van der Waals surface area contributed by atoms with Gasteiger partial charge in [-0.05, 0) is 48.6 Å². The molecule has 0 bridgehead atoms. The molecule has 6 rings (SSSR count). The van der Waals surface area contributed by atoms with Gasteiger partial charge in [-0.3, -0.25) is 24.0 Å². The summed E-state index contributed by atoms with van der Waals surface area (Å²) in [5, 5.41) is 22.9. The molecule has 2 fully saturated rings. The average Bonchev–Trinajstić information content (AvgIpc) is 3.25. The Kier molecular flexibility index (Phi) is 4.62. The summed E-state index contributed by atoms with van der Waals surface area (Å²) in [7, 11) is 0. The van der Waals surface area contributed by atoms with Gasteiger partial charge in [-0.1, -0.05) is 18.2 Å². The second-order valence-electron chi connectivity index (χ2n) is 10.00. The molecule has 0 radical (unpaired) electrons. The highest BCUT2D eigenvalue weighted by molar-refractivity contribution is 6.31. The summed E-state index contributed by atoms with van der Waals surface area (Å²) < 4.78 is 0. The number of hydrogen-bond donors (Lipinski definition) is 4. The normalized spacial score (nSPS) is 29.6. The first kappa shape index (κ1) is 22.4. The van der Waals surface area contributed by atoms with Gasteiger partial charge in [0.25, 0.3) is 0 Å². The third-order valence-electron chi connectivity index (χ3n) is 8.11. The molecular weight excluding hydrogens is 464 g/mol. The average molecular weight is 486 g/mol. The number of benzene rings is 2. The van der Waals surface area contributed by atoms with Crippen molar-refractivity contribution in [2.24, 2.45) is 29.4 Å². The molecule has 182 valence electrons. The van der Waals surface area contributed by atoms with Crippen molar-refractivity contribution in [1.82, 2.24) is 4.98 Å². The van der Waals surface area contributed by atoms with Crippen molar-refractivity contribution in [2.45, 2.75) is 24.9 Å². The van der Waals surface area contributed by atoms with Crippen molar-refractivity contribution in [3.05, 3.63) is 53.6 Å². The maximum atomic E-state index is 13.7. The van der Waals surface area contributed by atoms with Gasteiger partial charge in [-0.15, -0.1) is 0 Å². The number of rotatable bonds is 2. The number of H-pyrrole nitrogens is 1. The molecular formula is C27H22N2O7. The van der Waals surface area contributed by atoms with Crippen LogP contribution >= 0.6 is 0 Å². The Morgan fingerprint density at radius 3 is 2.50 bits per heavy atom. The first-order valence-corrected chi connectivity index (χ1v) is 11.7. The van der Waals surface area contributed by atoms with Crippen LogP contribution in [-0.4, -0.2) is 49.8 Å². The van der Waals surface area contributed by atoms with E-state index in [1.54, 1.807) is 6.07 Å². The van der Waals surface area contributed by atoms with E-state index < -0.39 is 58.3 Å². The van der Waals surface area contributed by atoms with Crippen LogP contribution in [-0.2, 0) is 25.6 Å². The first-order chi connectivity index (χ1) is 17.1. The van der Waals surface area contributed by atoms with Gasteiger partial charge in [-0.25, -0.2) is 0 Å². The van der Waals surface area contributed by atoms with Crippen LogP contribution in [0.25, 0.3) is 22.2 Å². The van der Waals surface area contributed by atoms with Crippen molar-refractivity contribution < 1.29 is 34.2 Å². The number of primary amides is 1. The van der Waals surface area contributed by atoms with E-state index in [1.807, 2.05) is 30.3 Å². The number of ketones is 4. The summed E-state index contributed by atoms with van der Waals surface area (Å²) in [6, 6.07) is 12.7. The van der Waals surface area contributed by atoms with Gasteiger partial charge in [0, 0.05) is 34.5 Å². The summed E-state index contributed by atoms with van der Waals surface area (Å²) in [6.45, 7) is 0. The van der Waals surface area contributed by atoms with Crippen LogP contribution in [0.5, 0.6) is 5.75 Å². The molecule has 1 aromatic heterocycles. The minimum Gasteiger partial charge on any atom is -0.507 e. The number of hydrogen-bond acceptors (Lipinski definition) is 7. The van der Waals surface area contributed by atoms with Gasteiger partial charge >= 0.3 is 0 Å². The highest BCUT2D eigenvalue weighted by Gasteiger charge is 2.66. The second-order valence-corrected chi connectivity index (χ2v) is 10.00. The van der Waals surface area contributed by atoms with E-state index >= 15 is 0 Å². The molecule has 5 N–H and O–H groups in total. The number of aromatic amines is 1. The van der Waals surface area contributed by atoms with Gasteiger partial charge in [0.2, 0.25) is 5.91 Å².